The fourth-order valence-electron chi connectivity index (χ4n) is 1.27. The van der Waals surface area contributed by atoms with Crippen LogP contribution in [0.3, 0.4) is 0 Å². The number of nitrogens with one attached hydrogen (secondary N) is 2. The second-order valence-electron chi connectivity index (χ2n) is 3.54. The molecule has 2 amide bonds. The number of carboxylic acid groups (broad SMARTS) is 1. The second-order valence-corrected chi connectivity index (χ2v) is 4.36. The molecule has 0 radical (unpaired) electrons. The molecule has 102 valence electrons. The van der Waals surface area contributed by atoms with E-state index in [0.29, 0.717) is 0 Å². The van der Waals surface area contributed by atoms with E-state index in [2.05, 4.69) is 10.6 Å². The summed E-state index contributed by atoms with van der Waals surface area (Å²) in [5, 5.41) is 13.6. The van der Waals surface area contributed by atoms with E-state index in [1.807, 2.05) is 0 Å². The lowest BCUT2D eigenvalue weighted by atomic mass is 10.1. The first-order valence-electron chi connectivity index (χ1n) is 5.08. The van der Waals surface area contributed by atoms with Gasteiger partial charge in [0.15, 0.2) is 0 Å². The quantitative estimate of drug-likeness (QED) is 0.790. The minimum Gasteiger partial charge on any atom is -0.478 e. The van der Waals surface area contributed by atoms with Crippen LogP contribution in [-0.4, -0.2) is 29.4 Å². The van der Waals surface area contributed by atoms with Gasteiger partial charge in [-0.3, -0.25) is 9.59 Å². The van der Waals surface area contributed by atoms with E-state index in [1.165, 1.54) is 19.1 Å². The lowest BCUT2D eigenvalue weighted by Gasteiger charge is -2.11. The Labute approximate surface area is 118 Å². The summed E-state index contributed by atoms with van der Waals surface area (Å²) >= 11 is 11.6. The molecule has 0 bridgehead atoms. The molecule has 6 nitrogen and oxygen atoms in total. The lowest BCUT2D eigenvalue weighted by Crippen LogP contribution is -2.31. The van der Waals surface area contributed by atoms with Crippen LogP contribution in [-0.2, 0) is 9.59 Å². The Morgan fingerprint density at radius 2 is 1.79 bits per heavy atom. The van der Waals surface area contributed by atoms with Crippen LogP contribution in [0.2, 0.25) is 10.0 Å². The van der Waals surface area contributed by atoms with Crippen molar-refractivity contribution < 1.29 is 19.5 Å². The summed E-state index contributed by atoms with van der Waals surface area (Å²) in [6, 6.07) is 2.68. The van der Waals surface area contributed by atoms with Crippen LogP contribution in [0.1, 0.15) is 17.3 Å². The molecule has 0 heterocycles. The number of anilines is 1. The van der Waals surface area contributed by atoms with Crippen LogP contribution >= 0.6 is 23.2 Å². The largest absolute Gasteiger partial charge is 0.478 e. The number of carbonyl (C=O) groups excluding carboxylic acids is 2. The van der Waals surface area contributed by atoms with E-state index >= 15 is 0 Å². The first-order valence-corrected chi connectivity index (χ1v) is 5.84. The van der Waals surface area contributed by atoms with Crippen molar-refractivity contribution in [2.75, 3.05) is 11.9 Å². The zero-order valence-corrected chi connectivity index (χ0v) is 11.3. The summed E-state index contributed by atoms with van der Waals surface area (Å²) in [5.41, 5.74) is -0.401. The third kappa shape index (κ3) is 4.11. The summed E-state index contributed by atoms with van der Waals surface area (Å²) in [6.45, 7) is 0.958. The molecule has 1 aromatic carbocycles. The van der Waals surface area contributed by atoms with E-state index in [0.717, 1.165) is 0 Å². The van der Waals surface area contributed by atoms with Gasteiger partial charge in [0.05, 0.1) is 22.3 Å². The van der Waals surface area contributed by atoms with Crippen molar-refractivity contribution in [1.82, 2.24) is 5.32 Å². The van der Waals surface area contributed by atoms with Gasteiger partial charge < -0.3 is 15.7 Å². The van der Waals surface area contributed by atoms with Gasteiger partial charge >= 0.3 is 5.97 Å². The van der Waals surface area contributed by atoms with Crippen molar-refractivity contribution in [1.29, 1.82) is 0 Å². The third-order valence-corrected chi connectivity index (χ3v) is 2.71. The molecule has 1 rings (SSSR count). The highest BCUT2D eigenvalue weighted by molar-refractivity contribution is 6.38. The van der Waals surface area contributed by atoms with Crippen molar-refractivity contribution in [3.63, 3.8) is 0 Å². The standard InChI is InChI=1S/C11H10Cl2N2O4/c1-5(16)14-4-8(17)15-10-7(13)3-2-6(12)9(10)11(18)19/h2-3H,4H2,1H3,(H,14,16)(H,15,17)(H,18,19). The molecule has 0 spiro atoms. The molecule has 0 unspecified atom stereocenters. The lowest BCUT2D eigenvalue weighted by molar-refractivity contribution is -0.122. The summed E-state index contributed by atoms with van der Waals surface area (Å²) in [6.07, 6.45) is 0. The molecular formula is C11H10Cl2N2O4. The number of hydrogen-bond donors (Lipinski definition) is 3. The molecule has 0 aliphatic carbocycles. The number of carboxylic acids is 1. The number of halogens is 2. The highest BCUT2D eigenvalue weighted by Crippen LogP contribution is 2.31. The summed E-state index contributed by atoms with van der Waals surface area (Å²) in [7, 11) is 0. The summed E-state index contributed by atoms with van der Waals surface area (Å²) < 4.78 is 0. The van der Waals surface area contributed by atoms with Crippen molar-refractivity contribution in [2.45, 2.75) is 6.92 Å². The maximum Gasteiger partial charge on any atom is 0.339 e. The molecule has 3 N–H and O–H groups in total. The number of hydrogen-bond acceptors (Lipinski definition) is 3. The van der Waals surface area contributed by atoms with Gasteiger partial charge in [-0.2, -0.15) is 0 Å². The van der Waals surface area contributed by atoms with Crippen LogP contribution < -0.4 is 10.6 Å². The van der Waals surface area contributed by atoms with Gasteiger partial charge in [-0.05, 0) is 12.1 Å². The van der Waals surface area contributed by atoms with Crippen LogP contribution in [0.5, 0.6) is 0 Å². The van der Waals surface area contributed by atoms with Gasteiger partial charge in [-0.1, -0.05) is 23.2 Å². The average Bonchev–Trinajstić information content (AvgIpc) is 2.31. The van der Waals surface area contributed by atoms with Crippen molar-refractivity contribution in [3.05, 3.63) is 27.7 Å². The van der Waals surface area contributed by atoms with Crippen LogP contribution in [0.25, 0.3) is 0 Å². The molecule has 0 saturated heterocycles. The predicted octanol–water partition coefficient (Wildman–Crippen LogP) is 1.77. The topological polar surface area (TPSA) is 95.5 Å². The van der Waals surface area contributed by atoms with Gasteiger partial charge in [0.25, 0.3) is 0 Å². The van der Waals surface area contributed by atoms with Gasteiger partial charge in [0.1, 0.15) is 5.56 Å². The summed E-state index contributed by atoms with van der Waals surface area (Å²) in [5.74, 6) is -2.31. The zero-order valence-electron chi connectivity index (χ0n) is 9.79. The monoisotopic (exact) mass is 304 g/mol. The maximum atomic E-state index is 11.5. The summed E-state index contributed by atoms with van der Waals surface area (Å²) in [4.78, 5) is 33.3. The molecule has 0 aliphatic rings. The second kappa shape index (κ2) is 6.40. The van der Waals surface area contributed by atoms with Crippen LogP contribution in [0.15, 0.2) is 12.1 Å². The van der Waals surface area contributed by atoms with E-state index in [9.17, 15) is 14.4 Å². The van der Waals surface area contributed by atoms with Crippen molar-refractivity contribution in [3.8, 4) is 0 Å². The van der Waals surface area contributed by atoms with Crippen molar-refractivity contribution in [2.24, 2.45) is 0 Å². The van der Waals surface area contributed by atoms with Gasteiger partial charge in [0.2, 0.25) is 11.8 Å². The highest BCUT2D eigenvalue weighted by Gasteiger charge is 2.19. The van der Waals surface area contributed by atoms with Crippen molar-refractivity contribution >= 4 is 46.7 Å². The van der Waals surface area contributed by atoms with E-state index in [1.54, 1.807) is 0 Å². The molecule has 0 aromatic heterocycles. The number of rotatable bonds is 4. The highest BCUT2D eigenvalue weighted by atomic mass is 35.5. The molecule has 0 aliphatic heterocycles. The fraction of sp³-hybridized carbons (Fsp3) is 0.182. The minimum atomic E-state index is -1.32. The number of carbonyl (C=O) groups is 3. The number of benzene rings is 1. The predicted molar refractivity (Wildman–Crippen MR) is 70.7 cm³/mol. The molecule has 1 aromatic rings. The molecule has 0 fully saturated rings. The third-order valence-electron chi connectivity index (χ3n) is 2.08. The molecular weight excluding hydrogens is 295 g/mol. The Balaban J connectivity index is 3.00. The smallest absolute Gasteiger partial charge is 0.339 e. The van der Waals surface area contributed by atoms with Crippen LogP contribution in [0.4, 0.5) is 5.69 Å². The maximum absolute atomic E-state index is 11.5. The molecule has 0 saturated carbocycles. The van der Waals surface area contributed by atoms with E-state index in [-0.39, 0.29) is 33.7 Å². The Kier molecular flexibility index (Phi) is 5.14. The SMILES string of the molecule is CC(=O)NCC(=O)Nc1c(Cl)ccc(Cl)c1C(=O)O. The number of amides is 2. The Hall–Kier alpha value is -1.79. The van der Waals surface area contributed by atoms with E-state index < -0.39 is 11.9 Å². The Morgan fingerprint density at radius 3 is 2.32 bits per heavy atom. The average molecular weight is 305 g/mol. The van der Waals surface area contributed by atoms with E-state index in [4.69, 9.17) is 28.3 Å². The molecule has 8 heteroatoms. The first kappa shape index (κ1) is 15.3. The first-order chi connectivity index (χ1) is 8.82. The van der Waals surface area contributed by atoms with Gasteiger partial charge in [0, 0.05) is 6.92 Å². The normalized spacial score (nSPS) is 9.84. The Bertz CT molecular complexity index is 546. The fourth-order valence-corrected chi connectivity index (χ4v) is 1.71. The zero-order chi connectivity index (χ0) is 14.6. The molecule has 19 heavy (non-hydrogen) atoms. The van der Waals surface area contributed by atoms with Crippen LogP contribution in [0, 0.1) is 0 Å². The van der Waals surface area contributed by atoms with Gasteiger partial charge in [-0.15, -0.1) is 0 Å². The van der Waals surface area contributed by atoms with Gasteiger partial charge in [-0.25, -0.2) is 4.79 Å². The minimum absolute atomic E-state index is 0.0398. The number of aromatic carboxylic acids is 1. The molecule has 0 atom stereocenters. The Morgan fingerprint density at radius 1 is 1.21 bits per heavy atom.